The number of aromatic amines is 1. The lowest BCUT2D eigenvalue weighted by molar-refractivity contribution is 0.240. The number of nitrogens with two attached hydrogens (primary N) is 1. The number of hydrogen-bond acceptors (Lipinski definition) is 7. The molecule has 0 bridgehead atoms. The zero-order valence-electron chi connectivity index (χ0n) is 14.6. The van der Waals surface area contributed by atoms with Gasteiger partial charge in [0.05, 0.1) is 32.6 Å². The highest BCUT2D eigenvalue weighted by Gasteiger charge is 2.22. The average Bonchev–Trinajstić information content (AvgIpc) is 2.61. The van der Waals surface area contributed by atoms with Crippen LogP contribution in [0.3, 0.4) is 0 Å². The first-order chi connectivity index (χ1) is 12.0. The van der Waals surface area contributed by atoms with Gasteiger partial charge in [-0.25, -0.2) is 4.98 Å². The zero-order valence-corrected chi connectivity index (χ0v) is 14.6. The molecule has 134 valence electrons. The van der Waals surface area contributed by atoms with Crippen molar-refractivity contribution < 1.29 is 14.2 Å². The molecule has 3 rings (SSSR count). The van der Waals surface area contributed by atoms with Crippen molar-refractivity contribution in [2.24, 2.45) is 0 Å². The minimum atomic E-state index is -0.169. The van der Waals surface area contributed by atoms with Crippen molar-refractivity contribution in [3.05, 3.63) is 39.3 Å². The van der Waals surface area contributed by atoms with E-state index in [1.54, 1.807) is 21.3 Å². The Hall–Kier alpha value is -2.74. The summed E-state index contributed by atoms with van der Waals surface area (Å²) in [5, 5.41) is 0. The Morgan fingerprint density at radius 3 is 2.48 bits per heavy atom. The molecule has 2 heterocycles. The third-order valence-electron chi connectivity index (χ3n) is 4.30. The van der Waals surface area contributed by atoms with Crippen molar-refractivity contribution in [1.29, 1.82) is 0 Å². The van der Waals surface area contributed by atoms with Crippen LogP contribution in [0.4, 0.5) is 5.95 Å². The molecular formula is C17H22N4O4. The molecule has 0 radical (unpaired) electrons. The summed E-state index contributed by atoms with van der Waals surface area (Å²) in [5.74, 6) is 1.96. The summed E-state index contributed by atoms with van der Waals surface area (Å²) in [6.45, 7) is 1.97. The highest BCUT2D eigenvalue weighted by molar-refractivity contribution is 5.53. The maximum Gasteiger partial charge on any atom is 0.257 e. The number of anilines is 1. The Balaban J connectivity index is 1.85. The van der Waals surface area contributed by atoms with E-state index in [-0.39, 0.29) is 11.5 Å². The van der Waals surface area contributed by atoms with Crippen molar-refractivity contribution in [1.82, 2.24) is 14.9 Å². The second kappa shape index (κ2) is 7.02. The first-order valence-electron chi connectivity index (χ1n) is 7.94. The van der Waals surface area contributed by atoms with Crippen LogP contribution >= 0.6 is 0 Å². The van der Waals surface area contributed by atoms with E-state index in [0.717, 1.165) is 17.8 Å². The number of ether oxygens (including phenoxy) is 3. The number of nitrogens with zero attached hydrogens (tertiary/aromatic N) is 2. The smallest absolute Gasteiger partial charge is 0.257 e. The van der Waals surface area contributed by atoms with Crippen LogP contribution in [0.15, 0.2) is 16.9 Å². The molecule has 8 heteroatoms. The average molecular weight is 346 g/mol. The van der Waals surface area contributed by atoms with E-state index in [1.165, 1.54) is 0 Å². The molecule has 1 aliphatic rings. The quantitative estimate of drug-likeness (QED) is 0.830. The van der Waals surface area contributed by atoms with Crippen molar-refractivity contribution >= 4 is 5.95 Å². The number of rotatable bonds is 5. The van der Waals surface area contributed by atoms with Crippen LogP contribution in [0.5, 0.6) is 17.2 Å². The van der Waals surface area contributed by atoms with Gasteiger partial charge in [0.15, 0.2) is 11.5 Å². The minimum absolute atomic E-state index is 0.168. The highest BCUT2D eigenvalue weighted by atomic mass is 16.5. The van der Waals surface area contributed by atoms with Crippen molar-refractivity contribution in [3.63, 3.8) is 0 Å². The fourth-order valence-electron chi connectivity index (χ4n) is 3.12. The molecule has 0 saturated carbocycles. The fraction of sp³-hybridized carbons (Fsp3) is 0.412. The van der Waals surface area contributed by atoms with Crippen LogP contribution in [0.1, 0.15) is 16.8 Å². The van der Waals surface area contributed by atoms with Gasteiger partial charge in [-0.2, -0.15) is 0 Å². The van der Waals surface area contributed by atoms with Gasteiger partial charge >= 0.3 is 0 Å². The number of nitrogen functional groups attached to an aromatic ring is 1. The Kier molecular flexibility index (Phi) is 4.80. The predicted octanol–water partition coefficient (Wildman–Crippen LogP) is 0.936. The van der Waals surface area contributed by atoms with E-state index in [1.807, 2.05) is 12.1 Å². The van der Waals surface area contributed by atoms with Gasteiger partial charge in [-0.15, -0.1) is 0 Å². The lowest BCUT2D eigenvalue weighted by Crippen LogP contribution is -2.35. The second-order valence-electron chi connectivity index (χ2n) is 5.87. The summed E-state index contributed by atoms with van der Waals surface area (Å²) in [4.78, 5) is 21.1. The minimum Gasteiger partial charge on any atom is -0.493 e. The maximum absolute atomic E-state index is 12.1. The third kappa shape index (κ3) is 3.39. The summed E-state index contributed by atoms with van der Waals surface area (Å²) in [6.07, 6.45) is 0.688. The first-order valence-corrected chi connectivity index (χ1v) is 7.94. The first kappa shape index (κ1) is 17.1. The molecule has 1 aromatic heterocycles. The molecule has 25 heavy (non-hydrogen) atoms. The van der Waals surface area contributed by atoms with Gasteiger partial charge in [0, 0.05) is 26.1 Å². The Bertz CT molecular complexity index is 809. The summed E-state index contributed by atoms with van der Waals surface area (Å²) in [6, 6.07) is 3.84. The van der Waals surface area contributed by atoms with Crippen LogP contribution in [-0.2, 0) is 19.5 Å². The third-order valence-corrected chi connectivity index (χ3v) is 4.30. The number of aromatic nitrogens is 2. The summed E-state index contributed by atoms with van der Waals surface area (Å²) >= 11 is 0. The van der Waals surface area contributed by atoms with Crippen LogP contribution in [0.25, 0.3) is 0 Å². The number of benzene rings is 1. The van der Waals surface area contributed by atoms with E-state index in [2.05, 4.69) is 14.9 Å². The van der Waals surface area contributed by atoms with Crippen molar-refractivity contribution in [2.75, 3.05) is 33.6 Å². The number of methoxy groups -OCH3 is 3. The van der Waals surface area contributed by atoms with Crippen molar-refractivity contribution in [3.8, 4) is 17.2 Å². The van der Waals surface area contributed by atoms with Gasteiger partial charge in [0.1, 0.15) is 0 Å². The van der Waals surface area contributed by atoms with Gasteiger partial charge in [-0.3, -0.25) is 14.7 Å². The summed E-state index contributed by atoms with van der Waals surface area (Å²) in [7, 11) is 4.76. The van der Waals surface area contributed by atoms with Gasteiger partial charge in [0.25, 0.3) is 5.56 Å². The Morgan fingerprint density at radius 1 is 1.20 bits per heavy atom. The molecule has 0 unspecified atom stereocenters. The second-order valence-corrected chi connectivity index (χ2v) is 5.87. The number of hydrogen-bond donors (Lipinski definition) is 2. The lowest BCUT2D eigenvalue weighted by atomic mass is 10.1. The predicted molar refractivity (Wildman–Crippen MR) is 93.2 cm³/mol. The summed E-state index contributed by atoms with van der Waals surface area (Å²) in [5.41, 5.74) is 7.91. The Morgan fingerprint density at radius 2 is 1.88 bits per heavy atom. The molecule has 0 amide bonds. The molecule has 8 nitrogen and oxygen atoms in total. The normalized spacial score (nSPS) is 14.0. The van der Waals surface area contributed by atoms with Crippen molar-refractivity contribution in [2.45, 2.75) is 19.5 Å². The van der Waals surface area contributed by atoms with Crippen LogP contribution in [-0.4, -0.2) is 42.7 Å². The summed E-state index contributed by atoms with van der Waals surface area (Å²) < 4.78 is 16.1. The van der Waals surface area contributed by atoms with Gasteiger partial charge < -0.3 is 19.9 Å². The molecule has 3 N–H and O–H groups in total. The molecule has 2 aromatic rings. The van der Waals surface area contributed by atoms with E-state index in [9.17, 15) is 4.79 Å². The number of H-pyrrole nitrogens is 1. The van der Waals surface area contributed by atoms with Crippen LogP contribution in [0, 0.1) is 0 Å². The SMILES string of the molecule is COc1cc(CN2CCc3nc(N)[nH]c(=O)c3C2)cc(OC)c1OC. The van der Waals surface area contributed by atoms with Gasteiger partial charge in [-0.05, 0) is 17.7 Å². The molecular weight excluding hydrogens is 324 g/mol. The Labute approximate surface area is 145 Å². The molecule has 0 aliphatic carbocycles. The lowest BCUT2D eigenvalue weighted by Gasteiger charge is -2.28. The van der Waals surface area contributed by atoms with Crippen LogP contribution in [0.2, 0.25) is 0 Å². The van der Waals surface area contributed by atoms with Crippen LogP contribution < -0.4 is 25.5 Å². The molecule has 0 spiro atoms. The molecule has 1 aliphatic heterocycles. The highest BCUT2D eigenvalue weighted by Crippen LogP contribution is 2.38. The monoisotopic (exact) mass is 346 g/mol. The zero-order chi connectivity index (χ0) is 18.0. The van der Waals surface area contributed by atoms with E-state index in [4.69, 9.17) is 19.9 Å². The molecule has 0 saturated heterocycles. The molecule has 0 atom stereocenters. The largest absolute Gasteiger partial charge is 0.493 e. The fourth-order valence-corrected chi connectivity index (χ4v) is 3.12. The number of nitrogens with one attached hydrogen (secondary N) is 1. The van der Waals surface area contributed by atoms with E-state index < -0.39 is 0 Å². The van der Waals surface area contributed by atoms with E-state index in [0.29, 0.717) is 42.3 Å². The number of fused-ring (bicyclic) bond motifs is 1. The standard InChI is InChI=1S/C17H22N4O4/c1-23-13-6-10(7-14(24-2)15(13)25-3)8-21-5-4-12-11(9-21)16(22)20-17(18)19-12/h6-7H,4-5,8-9H2,1-3H3,(H3,18,19,20,22). The van der Waals surface area contributed by atoms with Gasteiger partial charge in [-0.1, -0.05) is 0 Å². The van der Waals surface area contributed by atoms with Gasteiger partial charge in [0.2, 0.25) is 11.7 Å². The topological polar surface area (TPSA) is 103 Å². The molecule has 0 fully saturated rings. The maximum atomic E-state index is 12.1. The van der Waals surface area contributed by atoms with E-state index >= 15 is 0 Å². The molecule has 1 aromatic carbocycles.